The molecular weight excluding hydrogens is 404 g/mol. The summed E-state index contributed by atoms with van der Waals surface area (Å²) in [6.07, 6.45) is 40.2. The second kappa shape index (κ2) is 29.2. The molecule has 0 fully saturated rings. The molecule has 0 aliphatic heterocycles. The number of hydrogen-bond acceptors (Lipinski definition) is 2. The van der Waals surface area contributed by atoms with Crippen molar-refractivity contribution in [3.63, 3.8) is 0 Å². The summed E-state index contributed by atoms with van der Waals surface area (Å²) < 4.78 is 4.58. The van der Waals surface area contributed by atoms with E-state index in [0.717, 1.165) is 6.42 Å². The van der Waals surface area contributed by atoms with Crippen LogP contribution in [-0.4, -0.2) is 13.1 Å². The lowest BCUT2D eigenvalue weighted by Gasteiger charge is -2.04. The zero-order chi connectivity index (χ0) is 24.1. The molecule has 0 atom stereocenters. The van der Waals surface area contributed by atoms with Crippen molar-refractivity contribution in [2.45, 2.75) is 174 Å². The van der Waals surface area contributed by atoms with Gasteiger partial charge in [0.25, 0.3) is 0 Å². The van der Waals surface area contributed by atoms with Gasteiger partial charge in [-0.1, -0.05) is 167 Å². The minimum atomic E-state index is -0.241. The zero-order valence-corrected chi connectivity index (χ0v) is 22.9. The molecule has 0 rings (SSSR count). The van der Waals surface area contributed by atoms with Crippen LogP contribution in [0.4, 0.5) is 0 Å². The van der Waals surface area contributed by atoms with Crippen molar-refractivity contribution in [2.75, 3.05) is 7.11 Å². The Morgan fingerprint density at radius 3 is 1.03 bits per heavy atom. The van der Waals surface area contributed by atoms with E-state index in [9.17, 15) is 4.79 Å². The molecule has 2 heteroatoms. The van der Waals surface area contributed by atoms with Crippen molar-refractivity contribution < 1.29 is 9.53 Å². The van der Waals surface area contributed by atoms with Gasteiger partial charge in [-0.3, -0.25) is 0 Å². The van der Waals surface area contributed by atoms with E-state index < -0.39 is 0 Å². The maximum Gasteiger partial charge on any atom is 0.330 e. The van der Waals surface area contributed by atoms with Crippen LogP contribution in [-0.2, 0) is 9.53 Å². The van der Waals surface area contributed by atoms with Crippen LogP contribution in [0, 0.1) is 0 Å². The smallest absolute Gasteiger partial charge is 0.330 e. The Hall–Kier alpha value is -0.790. The third-order valence-corrected chi connectivity index (χ3v) is 6.93. The molecule has 196 valence electrons. The van der Waals surface area contributed by atoms with Crippen molar-refractivity contribution in [1.82, 2.24) is 0 Å². The lowest BCUT2D eigenvalue weighted by molar-refractivity contribution is -0.134. The minimum Gasteiger partial charge on any atom is -0.466 e. The zero-order valence-electron chi connectivity index (χ0n) is 22.9. The normalized spacial score (nSPS) is 11.5. The fourth-order valence-electron chi connectivity index (χ4n) is 4.65. The molecule has 0 amide bonds. The van der Waals surface area contributed by atoms with Gasteiger partial charge in [-0.25, -0.2) is 4.79 Å². The predicted octanol–water partition coefficient (Wildman–Crippen LogP) is 10.9. The van der Waals surface area contributed by atoms with Crippen LogP contribution in [0.2, 0.25) is 0 Å². The van der Waals surface area contributed by atoms with E-state index in [-0.39, 0.29) is 5.97 Å². The first kappa shape index (κ1) is 32.2. The fourth-order valence-corrected chi connectivity index (χ4v) is 4.65. The highest BCUT2D eigenvalue weighted by Gasteiger charge is 1.96. The molecule has 0 heterocycles. The highest BCUT2D eigenvalue weighted by molar-refractivity contribution is 5.81. The Balaban J connectivity index is 3.05. The Bertz CT molecular complexity index is 402. The first-order valence-electron chi connectivity index (χ1n) is 15.1. The lowest BCUT2D eigenvalue weighted by atomic mass is 10.0. The number of ether oxygens (including phenoxy) is 1. The SMILES string of the molecule is CCCCCCCCCCCCCCCCCCCCCCCCCCCC=CC(=O)OC. The predicted molar refractivity (Wildman–Crippen MR) is 147 cm³/mol. The number of rotatable bonds is 27. The third-order valence-electron chi connectivity index (χ3n) is 6.93. The summed E-state index contributed by atoms with van der Waals surface area (Å²) in [4.78, 5) is 10.9. The average Bonchev–Trinajstić information content (AvgIpc) is 2.83. The first-order valence-corrected chi connectivity index (χ1v) is 15.1. The second-order valence-corrected chi connectivity index (χ2v) is 10.2. The molecule has 0 bridgehead atoms. The molecule has 0 radical (unpaired) electrons. The van der Waals surface area contributed by atoms with Gasteiger partial charge >= 0.3 is 5.97 Å². The first-order chi connectivity index (χ1) is 16.3. The van der Waals surface area contributed by atoms with Gasteiger partial charge in [-0.2, -0.15) is 0 Å². The highest BCUT2D eigenvalue weighted by atomic mass is 16.5. The maximum atomic E-state index is 10.9. The van der Waals surface area contributed by atoms with E-state index in [1.54, 1.807) is 6.08 Å². The maximum absolute atomic E-state index is 10.9. The molecule has 0 spiro atoms. The molecule has 0 aromatic carbocycles. The van der Waals surface area contributed by atoms with E-state index in [0.29, 0.717) is 0 Å². The second-order valence-electron chi connectivity index (χ2n) is 10.2. The fraction of sp³-hybridized carbons (Fsp3) is 0.903. The summed E-state index contributed by atoms with van der Waals surface area (Å²) in [6.45, 7) is 2.30. The highest BCUT2D eigenvalue weighted by Crippen LogP contribution is 2.16. The molecule has 0 aromatic heterocycles. The Morgan fingerprint density at radius 2 is 0.758 bits per heavy atom. The molecule has 0 N–H and O–H groups in total. The van der Waals surface area contributed by atoms with Crippen LogP contribution in [0.1, 0.15) is 174 Å². The monoisotopic (exact) mass is 464 g/mol. The number of unbranched alkanes of at least 4 members (excludes halogenated alkanes) is 25. The largest absolute Gasteiger partial charge is 0.466 e. The van der Waals surface area contributed by atoms with Crippen LogP contribution in [0.5, 0.6) is 0 Å². The summed E-state index contributed by atoms with van der Waals surface area (Å²) in [5.41, 5.74) is 0. The summed E-state index contributed by atoms with van der Waals surface area (Å²) >= 11 is 0. The summed E-state index contributed by atoms with van der Waals surface area (Å²) in [5, 5.41) is 0. The number of carbonyl (C=O) groups excluding carboxylic acids is 1. The molecule has 2 nitrogen and oxygen atoms in total. The molecule has 0 saturated carbocycles. The molecule has 0 saturated heterocycles. The van der Waals surface area contributed by atoms with Crippen molar-refractivity contribution in [2.24, 2.45) is 0 Å². The third kappa shape index (κ3) is 29.2. The Kier molecular flexibility index (Phi) is 28.5. The van der Waals surface area contributed by atoms with Gasteiger partial charge in [0.1, 0.15) is 0 Å². The van der Waals surface area contributed by atoms with E-state index in [1.807, 2.05) is 6.08 Å². The van der Waals surface area contributed by atoms with E-state index >= 15 is 0 Å². The van der Waals surface area contributed by atoms with Gasteiger partial charge in [0, 0.05) is 6.08 Å². The van der Waals surface area contributed by atoms with E-state index in [4.69, 9.17) is 0 Å². The molecule has 0 unspecified atom stereocenters. The van der Waals surface area contributed by atoms with Crippen molar-refractivity contribution >= 4 is 5.97 Å². The van der Waals surface area contributed by atoms with Crippen molar-refractivity contribution in [3.05, 3.63) is 12.2 Å². The topological polar surface area (TPSA) is 26.3 Å². The number of methoxy groups -OCH3 is 1. The standard InChI is InChI=1S/C31H60O2/c1-3-4-5-6-7-8-9-10-11-12-13-14-15-16-17-18-19-20-21-22-23-24-25-26-27-28-29-30-31(32)33-2/h29-30H,3-28H2,1-2H3. The minimum absolute atomic E-state index is 0.241. The number of allylic oxidation sites excluding steroid dienone is 1. The molecular formula is C31H60O2. The molecule has 33 heavy (non-hydrogen) atoms. The molecule has 0 aromatic rings. The van der Waals surface area contributed by atoms with Gasteiger partial charge in [-0.15, -0.1) is 0 Å². The van der Waals surface area contributed by atoms with Crippen LogP contribution in [0.3, 0.4) is 0 Å². The van der Waals surface area contributed by atoms with Crippen LogP contribution in [0.25, 0.3) is 0 Å². The average molecular weight is 465 g/mol. The van der Waals surface area contributed by atoms with Crippen LogP contribution < -0.4 is 0 Å². The number of carbonyl (C=O) groups is 1. The van der Waals surface area contributed by atoms with E-state index in [1.165, 1.54) is 168 Å². The summed E-state index contributed by atoms with van der Waals surface area (Å²) in [5.74, 6) is -0.241. The van der Waals surface area contributed by atoms with Gasteiger partial charge < -0.3 is 4.74 Å². The Labute approximate surface area is 208 Å². The van der Waals surface area contributed by atoms with E-state index in [2.05, 4.69) is 11.7 Å². The summed E-state index contributed by atoms with van der Waals surface area (Å²) in [6, 6.07) is 0. The van der Waals surface area contributed by atoms with Gasteiger partial charge in [0.15, 0.2) is 0 Å². The lowest BCUT2D eigenvalue weighted by Crippen LogP contribution is -1.93. The quantitative estimate of drug-likeness (QED) is 0.0686. The summed E-state index contributed by atoms with van der Waals surface area (Å²) in [7, 11) is 1.42. The van der Waals surface area contributed by atoms with Crippen LogP contribution in [0.15, 0.2) is 12.2 Å². The van der Waals surface area contributed by atoms with Crippen molar-refractivity contribution in [3.8, 4) is 0 Å². The Morgan fingerprint density at radius 1 is 0.485 bits per heavy atom. The van der Waals surface area contributed by atoms with Crippen LogP contribution >= 0.6 is 0 Å². The number of esters is 1. The van der Waals surface area contributed by atoms with Gasteiger partial charge in [0.2, 0.25) is 0 Å². The van der Waals surface area contributed by atoms with Gasteiger partial charge in [0.05, 0.1) is 7.11 Å². The molecule has 0 aliphatic rings. The van der Waals surface area contributed by atoms with Crippen molar-refractivity contribution in [1.29, 1.82) is 0 Å². The van der Waals surface area contributed by atoms with Gasteiger partial charge in [-0.05, 0) is 12.8 Å². The molecule has 0 aliphatic carbocycles. The number of hydrogen-bond donors (Lipinski definition) is 0.